The first-order valence-electron chi connectivity index (χ1n) is 4.84. The number of hydrogen-bond donors (Lipinski definition) is 2. The van der Waals surface area contributed by atoms with Gasteiger partial charge < -0.3 is 15.2 Å². The maximum Gasteiger partial charge on any atom is 0.320 e. The van der Waals surface area contributed by atoms with Crippen molar-refractivity contribution in [3.8, 4) is 5.75 Å². The first kappa shape index (κ1) is 11.5. The van der Waals surface area contributed by atoms with Crippen LogP contribution in [0.2, 0.25) is 0 Å². The zero-order valence-electron chi connectivity index (χ0n) is 8.64. The third-order valence-corrected chi connectivity index (χ3v) is 1.93. The maximum atomic E-state index is 10.5. The number of para-hydroxylation sites is 1. The molecule has 0 radical (unpaired) electrons. The number of carboxylic acids is 1. The number of benzene rings is 1. The second-order valence-electron chi connectivity index (χ2n) is 3.18. The molecule has 0 heterocycles. The van der Waals surface area contributed by atoms with Crippen LogP contribution in [0.3, 0.4) is 0 Å². The molecule has 2 N–H and O–H groups in total. The van der Waals surface area contributed by atoms with Gasteiger partial charge in [-0.05, 0) is 19.1 Å². The number of carboxylic acid groups (broad SMARTS) is 1. The van der Waals surface area contributed by atoms with Gasteiger partial charge in [0.2, 0.25) is 0 Å². The number of carbonyl (C=O) groups is 1. The van der Waals surface area contributed by atoms with E-state index in [1.54, 1.807) is 6.92 Å². The zero-order chi connectivity index (χ0) is 11.1. The summed E-state index contributed by atoms with van der Waals surface area (Å²) in [5.41, 5.74) is 0. The monoisotopic (exact) mass is 209 g/mol. The maximum absolute atomic E-state index is 10.5. The van der Waals surface area contributed by atoms with Gasteiger partial charge in [-0.25, -0.2) is 0 Å². The van der Waals surface area contributed by atoms with E-state index in [1.807, 2.05) is 30.3 Å². The van der Waals surface area contributed by atoms with E-state index < -0.39 is 12.0 Å². The molecule has 1 atom stereocenters. The van der Waals surface area contributed by atoms with Crippen LogP contribution < -0.4 is 10.1 Å². The molecule has 0 unspecified atom stereocenters. The SMILES string of the molecule is C[C@@H](NCCOc1ccccc1)C(=O)O. The molecule has 0 fully saturated rings. The lowest BCUT2D eigenvalue weighted by atomic mass is 10.3. The predicted octanol–water partition coefficient (Wildman–Crippen LogP) is 1.13. The van der Waals surface area contributed by atoms with Crippen LogP contribution in [0.25, 0.3) is 0 Å². The van der Waals surface area contributed by atoms with Gasteiger partial charge in [-0.15, -0.1) is 0 Å². The Balaban J connectivity index is 2.15. The Morgan fingerprint density at radius 3 is 2.73 bits per heavy atom. The van der Waals surface area contributed by atoms with Gasteiger partial charge in [0.1, 0.15) is 18.4 Å². The average molecular weight is 209 g/mol. The van der Waals surface area contributed by atoms with E-state index in [4.69, 9.17) is 9.84 Å². The molecule has 0 bridgehead atoms. The summed E-state index contributed by atoms with van der Waals surface area (Å²) in [4.78, 5) is 10.5. The fraction of sp³-hybridized carbons (Fsp3) is 0.364. The highest BCUT2D eigenvalue weighted by atomic mass is 16.5. The van der Waals surface area contributed by atoms with Gasteiger partial charge >= 0.3 is 5.97 Å². The first-order valence-corrected chi connectivity index (χ1v) is 4.84. The molecule has 0 spiro atoms. The highest BCUT2D eigenvalue weighted by Crippen LogP contribution is 2.07. The molecule has 0 aliphatic heterocycles. The van der Waals surface area contributed by atoms with Crippen molar-refractivity contribution < 1.29 is 14.6 Å². The van der Waals surface area contributed by atoms with Crippen LogP contribution in [0.15, 0.2) is 30.3 Å². The lowest BCUT2D eigenvalue weighted by Gasteiger charge is -2.09. The fourth-order valence-corrected chi connectivity index (χ4v) is 1.05. The minimum absolute atomic E-state index is 0.460. The summed E-state index contributed by atoms with van der Waals surface area (Å²) >= 11 is 0. The second-order valence-corrected chi connectivity index (χ2v) is 3.18. The van der Waals surface area contributed by atoms with E-state index in [1.165, 1.54) is 0 Å². The Kier molecular flexibility index (Phi) is 4.63. The highest BCUT2D eigenvalue weighted by Gasteiger charge is 2.08. The Hall–Kier alpha value is -1.55. The Bertz CT molecular complexity index is 300. The van der Waals surface area contributed by atoms with Gasteiger partial charge in [0.25, 0.3) is 0 Å². The standard InChI is InChI=1S/C11H15NO3/c1-9(11(13)14)12-7-8-15-10-5-3-2-4-6-10/h2-6,9,12H,7-8H2,1H3,(H,13,14)/t9-/m1/s1. The van der Waals surface area contributed by atoms with Crippen molar-refractivity contribution in [1.82, 2.24) is 5.32 Å². The normalized spacial score (nSPS) is 12.1. The summed E-state index contributed by atoms with van der Waals surface area (Å²) in [6, 6.07) is 8.88. The molecule has 15 heavy (non-hydrogen) atoms. The number of aliphatic carboxylic acids is 1. The zero-order valence-corrected chi connectivity index (χ0v) is 8.64. The predicted molar refractivity (Wildman–Crippen MR) is 57.0 cm³/mol. The van der Waals surface area contributed by atoms with Crippen LogP contribution in [0.4, 0.5) is 0 Å². The van der Waals surface area contributed by atoms with E-state index in [9.17, 15) is 4.79 Å². The summed E-state index contributed by atoms with van der Waals surface area (Å²) < 4.78 is 5.38. The Morgan fingerprint density at radius 2 is 2.13 bits per heavy atom. The van der Waals surface area contributed by atoms with Gasteiger partial charge in [0.15, 0.2) is 0 Å². The molecule has 0 saturated carbocycles. The van der Waals surface area contributed by atoms with Crippen molar-refractivity contribution in [3.05, 3.63) is 30.3 Å². The number of ether oxygens (including phenoxy) is 1. The van der Waals surface area contributed by atoms with E-state index in [2.05, 4.69) is 5.32 Å². The van der Waals surface area contributed by atoms with E-state index in [0.717, 1.165) is 5.75 Å². The van der Waals surface area contributed by atoms with Crippen molar-refractivity contribution in [1.29, 1.82) is 0 Å². The molecule has 0 aliphatic carbocycles. The summed E-state index contributed by atoms with van der Waals surface area (Å²) in [6.07, 6.45) is 0. The molecule has 1 aromatic carbocycles. The quantitative estimate of drug-likeness (QED) is 0.689. The lowest BCUT2D eigenvalue weighted by Crippen LogP contribution is -2.36. The molecule has 82 valence electrons. The number of hydrogen-bond acceptors (Lipinski definition) is 3. The van der Waals surface area contributed by atoms with Crippen LogP contribution in [0.5, 0.6) is 5.75 Å². The fourth-order valence-electron chi connectivity index (χ4n) is 1.05. The topological polar surface area (TPSA) is 58.6 Å². The molecule has 0 aliphatic rings. The van der Waals surface area contributed by atoms with Crippen LogP contribution in [0.1, 0.15) is 6.92 Å². The Morgan fingerprint density at radius 1 is 1.47 bits per heavy atom. The van der Waals surface area contributed by atoms with Crippen LogP contribution >= 0.6 is 0 Å². The molecule has 1 rings (SSSR count). The summed E-state index contributed by atoms with van der Waals surface area (Å²) in [6.45, 7) is 2.58. The van der Waals surface area contributed by atoms with Crippen molar-refractivity contribution >= 4 is 5.97 Å². The first-order chi connectivity index (χ1) is 7.20. The molecule has 4 nitrogen and oxygen atoms in total. The minimum atomic E-state index is -0.852. The smallest absolute Gasteiger partial charge is 0.320 e. The van der Waals surface area contributed by atoms with Crippen LogP contribution in [-0.2, 0) is 4.79 Å². The summed E-state index contributed by atoms with van der Waals surface area (Å²) in [5, 5.41) is 11.4. The average Bonchev–Trinajstić information content (AvgIpc) is 2.25. The van der Waals surface area contributed by atoms with E-state index in [-0.39, 0.29) is 0 Å². The van der Waals surface area contributed by atoms with Crippen molar-refractivity contribution in [2.45, 2.75) is 13.0 Å². The summed E-state index contributed by atoms with van der Waals surface area (Å²) in [5.74, 6) is -0.0583. The molecule has 1 aromatic rings. The summed E-state index contributed by atoms with van der Waals surface area (Å²) in [7, 11) is 0. The third kappa shape index (κ3) is 4.46. The van der Waals surface area contributed by atoms with Crippen molar-refractivity contribution in [2.75, 3.05) is 13.2 Å². The van der Waals surface area contributed by atoms with Crippen LogP contribution in [-0.4, -0.2) is 30.3 Å². The highest BCUT2D eigenvalue weighted by molar-refractivity contribution is 5.72. The van der Waals surface area contributed by atoms with Gasteiger partial charge in [-0.3, -0.25) is 4.79 Å². The molecular formula is C11H15NO3. The van der Waals surface area contributed by atoms with E-state index >= 15 is 0 Å². The molecule has 0 aromatic heterocycles. The molecule has 0 saturated heterocycles. The van der Waals surface area contributed by atoms with Gasteiger partial charge in [0.05, 0.1) is 0 Å². The van der Waals surface area contributed by atoms with Crippen molar-refractivity contribution in [2.24, 2.45) is 0 Å². The van der Waals surface area contributed by atoms with Gasteiger partial charge in [-0.2, -0.15) is 0 Å². The largest absolute Gasteiger partial charge is 0.492 e. The van der Waals surface area contributed by atoms with Gasteiger partial charge in [0, 0.05) is 6.54 Å². The van der Waals surface area contributed by atoms with Crippen molar-refractivity contribution in [3.63, 3.8) is 0 Å². The molecule has 0 amide bonds. The third-order valence-electron chi connectivity index (χ3n) is 1.93. The van der Waals surface area contributed by atoms with Crippen LogP contribution in [0, 0.1) is 0 Å². The Labute approximate surface area is 88.9 Å². The number of nitrogens with one attached hydrogen (secondary N) is 1. The van der Waals surface area contributed by atoms with Gasteiger partial charge in [-0.1, -0.05) is 18.2 Å². The minimum Gasteiger partial charge on any atom is -0.492 e. The second kappa shape index (κ2) is 6.03. The molecule has 4 heteroatoms. The lowest BCUT2D eigenvalue weighted by molar-refractivity contribution is -0.139. The van der Waals surface area contributed by atoms with E-state index in [0.29, 0.717) is 13.2 Å². The number of rotatable bonds is 6. The molecular weight excluding hydrogens is 194 g/mol.